The molecule has 4 atom stereocenters. The number of nitrogens with one attached hydrogen (secondary N) is 1. The highest BCUT2D eigenvalue weighted by atomic mass is 32.2. The van der Waals surface area contributed by atoms with Gasteiger partial charge in [-0.1, -0.05) is 25.7 Å². The van der Waals surface area contributed by atoms with Crippen LogP contribution < -0.4 is 5.32 Å². The van der Waals surface area contributed by atoms with E-state index in [1.54, 1.807) is 0 Å². The molecule has 4 unspecified atom stereocenters. The van der Waals surface area contributed by atoms with Crippen molar-refractivity contribution in [1.29, 1.82) is 0 Å². The zero-order valence-electron chi connectivity index (χ0n) is 13.4. The Balaban J connectivity index is 1.61. The summed E-state index contributed by atoms with van der Waals surface area (Å²) in [5.74, 6) is 2.22. The van der Waals surface area contributed by atoms with Gasteiger partial charge in [-0.15, -0.1) is 0 Å². The van der Waals surface area contributed by atoms with Crippen LogP contribution in [0.4, 0.5) is 0 Å². The molecule has 3 nitrogen and oxygen atoms in total. The molecule has 4 heteroatoms. The van der Waals surface area contributed by atoms with Crippen LogP contribution in [0, 0.1) is 17.8 Å². The molecule has 122 valence electrons. The molecule has 21 heavy (non-hydrogen) atoms. The maximum absolute atomic E-state index is 11.9. The van der Waals surface area contributed by atoms with E-state index in [4.69, 9.17) is 0 Å². The number of hydrogen-bond donors (Lipinski definition) is 1. The minimum Gasteiger partial charge on any atom is -0.314 e. The van der Waals surface area contributed by atoms with Crippen molar-refractivity contribution in [3.8, 4) is 0 Å². The Hall–Kier alpha value is -0.0900. The van der Waals surface area contributed by atoms with Crippen LogP contribution >= 0.6 is 0 Å². The average molecular weight is 314 g/mol. The van der Waals surface area contributed by atoms with Crippen LogP contribution in [0.2, 0.25) is 0 Å². The Kier molecular flexibility index (Phi) is 4.94. The van der Waals surface area contributed by atoms with Crippen LogP contribution in [0.1, 0.15) is 64.2 Å². The maximum atomic E-state index is 11.9. The summed E-state index contributed by atoms with van der Waals surface area (Å²) in [5, 5.41) is 3.66. The van der Waals surface area contributed by atoms with E-state index in [0.717, 1.165) is 37.1 Å². The maximum Gasteiger partial charge on any atom is 0.150 e. The lowest BCUT2D eigenvalue weighted by Gasteiger charge is -2.41. The van der Waals surface area contributed by atoms with Crippen LogP contribution in [0.15, 0.2) is 0 Å². The Morgan fingerprint density at radius 2 is 1.71 bits per heavy atom. The summed E-state index contributed by atoms with van der Waals surface area (Å²) in [4.78, 5) is 0. The van der Waals surface area contributed by atoms with Crippen LogP contribution in [0.5, 0.6) is 0 Å². The molecule has 0 spiro atoms. The van der Waals surface area contributed by atoms with E-state index in [2.05, 4.69) is 5.32 Å². The predicted molar refractivity (Wildman–Crippen MR) is 87.1 cm³/mol. The van der Waals surface area contributed by atoms with Gasteiger partial charge >= 0.3 is 0 Å². The van der Waals surface area contributed by atoms with E-state index < -0.39 is 9.84 Å². The van der Waals surface area contributed by atoms with Gasteiger partial charge in [-0.2, -0.15) is 0 Å². The van der Waals surface area contributed by atoms with Gasteiger partial charge in [0, 0.05) is 12.3 Å². The standard InChI is InChI=1S/C17H31NO2S/c1-21(19,20)16-7-4-6-13(11-16)17-8-3-2-5-14(17)12-18-15-9-10-15/h13-18H,2-12H2,1H3. The molecule has 3 aliphatic rings. The van der Waals surface area contributed by atoms with E-state index in [1.165, 1.54) is 57.7 Å². The van der Waals surface area contributed by atoms with Gasteiger partial charge in [0.25, 0.3) is 0 Å². The van der Waals surface area contributed by atoms with Crippen molar-refractivity contribution in [1.82, 2.24) is 5.32 Å². The van der Waals surface area contributed by atoms with Crippen molar-refractivity contribution in [3.05, 3.63) is 0 Å². The summed E-state index contributed by atoms with van der Waals surface area (Å²) in [5.41, 5.74) is 0. The van der Waals surface area contributed by atoms with Crippen molar-refractivity contribution in [2.45, 2.75) is 75.5 Å². The molecule has 0 bridgehead atoms. The SMILES string of the molecule is CS(=O)(=O)C1CCCC(C2CCCCC2CNC2CC2)C1. The molecule has 0 radical (unpaired) electrons. The molecule has 0 aromatic rings. The number of rotatable bonds is 5. The first-order chi connectivity index (χ1) is 10.0. The molecule has 3 fully saturated rings. The third-order valence-corrected chi connectivity index (χ3v) is 7.73. The molecule has 0 amide bonds. The smallest absolute Gasteiger partial charge is 0.150 e. The van der Waals surface area contributed by atoms with Crippen molar-refractivity contribution in [3.63, 3.8) is 0 Å². The minimum atomic E-state index is -2.85. The Bertz CT molecular complexity index is 444. The van der Waals surface area contributed by atoms with Crippen LogP contribution in [-0.4, -0.2) is 32.5 Å². The highest BCUT2D eigenvalue weighted by molar-refractivity contribution is 7.91. The quantitative estimate of drug-likeness (QED) is 0.848. The lowest BCUT2D eigenvalue weighted by Crippen LogP contribution is -2.38. The first kappa shape index (κ1) is 15.8. The normalized spacial score (nSPS) is 38.3. The van der Waals surface area contributed by atoms with Gasteiger partial charge in [0.05, 0.1) is 5.25 Å². The van der Waals surface area contributed by atoms with Crippen LogP contribution in [0.25, 0.3) is 0 Å². The molecule has 0 aliphatic heterocycles. The van der Waals surface area contributed by atoms with E-state index in [1.807, 2.05) is 0 Å². The van der Waals surface area contributed by atoms with Gasteiger partial charge < -0.3 is 5.32 Å². The fourth-order valence-electron chi connectivity index (χ4n) is 4.67. The molecule has 0 aromatic heterocycles. The molecule has 3 aliphatic carbocycles. The zero-order valence-corrected chi connectivity index (χ0v) is 14.2. The first-order valence-corrected chi connectivity index (χ1v) is 10.9. The third kappa shape index (κ3) is 4.22. The summed E-state index contributed by atoms with van der Waals surface area (Å²) in [6.45, 7) is 1.18. The molecular formula is C17H31NO2S. The summed E-state index contributed by atoms with van der Waals surface area (Å²) < 4.78 is 23.8. The molecule has 3 saturated carbocycles. The average Bonchev–Trinajstić information content (AvgIpc) is 3.29. The topological polar surface area (TPSA) is 46.2 Å². The predicted octanol–water partition coefficient (Wildman–Crippen LogP) is 3.15. The second-order valence-corrected chi connectivity index (χ2v) is 10.1. The van der Waals surface area contributed by atoms with Gasteiger partial charge in [0.15, 0.2) is 0 Å². The first-order valence-electron chi connectivity index (χ1n) is 8.96. The van der Waals surface area contributed by atoms with Gasteiger partial charge in [-0.3, -0.25) is 0 Å². The summed E-state index contributed by atoms with van der Waals surface area (Å²) in [7, 11) is -2.85. The van der Waals surface area contributed by atoms with Crippen molar-refractivity contribution >= 4 is 9.84 Å². The second-order valence-electron chi connectivity index (χ2n) is 7.77. The highest BCUT2D eigenvalue weighted by Crippen LogP contribution is 2.42. The molecule has 3 rings (SSSR count). The van der Waals surface area contributed by atoms with Gasteiger partial charge in [0.1, 0.15) is 9.84 Å². The molecular weight excluding hydrogens is 282 g/mol. The Morgan fingerprint density at radius 3 is 2.43 bits per heavy atom. The van der Waals surface area contributed by atoms with Crippen molar-refractivity contribution in [2.24, 2.45) is 17.8 Å². The lowest BCUT2D eigenvalue weighted by atomic mass is 9.68. The number of sulfone groups is 1. The highest BCUT2D eigenvalue weighted by Gasteiger charge is 2.37. The second kappa shape index (κ2) is 6.57. The zero-order chi connectivity index (χ0) is 14.9. The van der Waals surface area contributed by atoms with Gasteiger partial charge in [-0.25, -0.2) is 8.42 Å². The Labute approximate surface area is 130 Å². The van der Waals surface area contributed by atoms with Crippen molar-refractivity contribution in [2.75, 3.05) is 12.8 Å². The fourth-order valence-corrected chi connectivity index (χ4v) is 5.87. The monoisotopic (exact) mass is 313 g/mol. The molecule has 0 saturated heterocycles. The molecule has 0 aromatic carbocycles. The van der Waals surface area contributed by atoms with E-state index in [9.17, 15) is 8.42 Å². The van der Waals surface area contributed by atoms with E-state index >= 15 is 0 Å². The van der Waals surface area contributed by atoms with Gasteiger partial charge in [0.2, 0.25) is 0 Å². The molecule has 0 heterocycles. The van der Waals surface area contributed by atoms with Crippen molar-refractivity contribution < 1.29 is 8.42 Å². The number of hydrogen-bond acceptors (Lipinski definition) is 3. The van der Waals surface area contributed by atoms with Gasteiger partial charge in [-0.05, 0) is 62.8 Å². The van der Waals surface area contributed by atoms with E-state index in [-0.39, 0.29) is 5.25 Å². The fraction of sp³-hybridized carbons (Fsp3) is 1.00. The molecule has 1 N–H and O–H groups in total. The lowest BCUT2D eigenvalue weighted by molar-refractivity contribution is 0.127. The van der Waals surface area contributed by atoms with E-state index in [0.29, 0.717) is 5.92 Å². The third-order valence-electron chi connectivity index (χ3n) is 6.09. The van der Waals surface area contributed by atoms with Crippen LogP contribution in [-0.2, 0) is 9.84 Å². The summed E-state index contributed by atoms with van der Waals surface area (Å²) in [6.07, 6.45) is 13.8. The summed E-state index contributed by atoms with van der Waals surface area (Å²) in [6, 6.07) is 0.794. The largest absolute Gasteiger partial charge is 0.314 e. The summed E-state index contributed by atoms with van der Waals surface area (Å²) >= 11 is 0. The minimum absolute atomic E-state index is 0.0600. The van der Waals surface area contributed by atoms with Crippen LogP contribution in [0.3, 0.4) is 0 Å². The Morgan fingerprint density at radius 1 is 0.952 bits per heavy atom.